The number of carbonyl (C=O) groups is 1. The van der Waals surface area contributed by atoms with Gasteiger partial charge in [0.25, 0.3) is 0 Å². The molecule has 7 heteroatoms. The minimum absolute atomic E-state index is 0.0000846. The van der Waals surface area contributed by atoms with E-state index in [1.54, 1.807) is 9.21 Å². The number of urea groups is 1. The number of nitrogens with one attached hydrogen (secondary N) is 1. The monoisotopic (exact) mass is 379 g/mol. The van der Waals surface area contributed by atoms with E-state index >= 15 is 0 Å². The van der Waals surface area contributed by atoms with Crippen LogP contribution < -0.4 is 5.32 Å². The predicted molar refractivity (Wildman–Crippen MR) is 103 cm³/mol. The fourth-order valence-electron chi connectivity index (χ4n) is 4.14. The van der Waals surface area contributed by atoms with E-state index in [9.17, 15) is 13.2 Å². The summed E-state index contributed by atoms with van der Waals surface area (Å²) in [5.41, 5.74) is 2.64. The number of piperidine rings is 1. The summed E-state index contributed by atoms with van der Waals surface area (Å²) in [7, 11) is -1.33. The first-order valence-corrected chi connectivity index (χ1v) is 11.3. The van der Waals surface area contributed by atoms with Crippen LogP contribution in [0.1, 0.15) is 36.8 Å². The van der Waals surface area contributed by atoms with Crippen LogP contribution in [0.25, 0.3) is 0 Å². The summed E-state index contributed by atoms with van der Waals surface area (Å²) in [4.78, 5) is 14.3. The molecule has 3 rings (SSSR count). The number of rotatable bonds is 5. The number of fused-ring (bicyclic) bond motifs is 1. The van der Waals surface area contributed by atoms with E-state index in [0.29, 0.717) is 19.5 Å². The van der Waals surface area contributed by atoms with Crippen LogP contribution in [0.5, 0.6) is 0 Å². The highest BCUT2D eigenvalue weighted by Crippen LogP contribution is 2.25. The third-order valence-corrected chi connectivity index (χ3v) is 6.98. The lowest BCUT2D eigenvalue weighted by Crippen LogP contribution is -2.47. The number of sulfonamides is 1. The van der Waals surface area contributed by atoms with Crippen LogP contribution in [0.2, 0.25) is 0 Å². The molecular weight excluding hydrogens is 350 g/mol. The Kier molecular flexibility index (Phi) is 5.87. The Morgan fingerprint density at radius 1 is 1.23 bits per heavy atom. The molecule has 1 saturated heterocycles. The molecule has 144 valence electrons. The third-order valence-electron chi connectivity index (χ3n) is 5.65. The normalized spacial score (nSPS) is 21.4. The van der Waals surface area contributed by atoms with E-state index in [-0.39, 0.29) is 18.1 Å². The Hall–Kier alpha value is -1.60. The topological polar surface area (TPSA) is 69.7 Å². The molecule has 2 amide bonds. The highest BCUT2D eigenvalue weighted by Gasteiger charge is 2.30. The van der Waals surface area contributed by atoms with Gasteiger partial charge in [-0.2, -0.15) is 4.31 Å². The number of hydrogen-bond acceptors (Lipinski definition) is 3. The van der Waals surface area contributed by atoms with Crippen molar-refractivity contribution in [2.24, 2.45) is 0 Å². The van der Waals surface area contributed by atoms with E-state index in [4.69, 9.17) is 0 Å². The summed E-state index contributed by atoms with van der Waals surface area (Å²) in [6.45, 7) is 1.09. The molecule has 0 saturated carbocycles. The average molecular weight is 380 g/mol. The van der Waals surface area contributed by atoms with Crippen LogP contribution in [0.15, 0.2) is 24.3 Å². The van der Waals surface area contributed by atoms with Crippen molar-refractivity contribution in [1.29, 1.82) is 0 Å². The summed E-state index contributed by atoms with van der Waals surface area (Å²) >= 11 is 0. The van der Waals surface area contributed by atoms with E-state index < -0.39 is 10.0 Å². The lowest BCUT2D eigenvalue weighted by Gasteiger charge is -2.34. The summed E-state index contributed by atoms with van der Waals surface area (Å²) in [5, 5.41) is 2.97. The van der Waals surface area contributed by atoms with Gasteiger partial charge in [-0.3, -0.25) is 0 Å². The first kappa shape index (κ1) is 19.2. The molecular formula is C19H29N3O3S. The number of likely N-dealkylation sites (N-methyl/N-ethyl adjacent to an activating group) is 1. The maximum absolute atomic E-state index is 12.5. The van der Waals surface area contributed by atoms with Crippen LogP contribution in [-0.2, 0) is 22.9 Å². The minimum Gasteiger partial charge on any atom is -0.338 e. The zero-order valence-corrected chi connectivity index (χ0v) is 16.5. The first-order chi connectivity index (χ1) is 12.4. The van der Waals surface area contributed by atoms with Gasteiger partial charge >= 0.3 is 6.03 Å². The second kappa shape index (κ2) is 7.96. The highest BCUT2D eigenvalue weighted by atomic mass is 32.2. The quantitative estimate of drug-likeness (QED) is 0.851. The number of benzene rings is 1. The zero-order chi connectivity index (χ0) is 18.7. The van der Waals surface area contributed by atoms with Crippen LogP contribution >= 0.6 is 0 Å². The van der Waals surface area contributed by atoms with Crippen molar-refractivity contribution in [3.8, 4) is 0 Å². The molecule has 1 atom stereocenters. The Labute approximate surface area is 156 Å². The molecule has 0 radical (unpaired) electrons. The summed E-state index contributed by atoms with van der Waals surface area (Å²) in [6, 6.07) is 8.45. The van der Waals surface area contributed by atoms with Gasteiger partial charge in [0.1, 0.15) is 0 Å². The molecule has 1 aromatic rings. The molecule has 26 heavy (non-hydrogen) atoms. The average Bonchev–Trinajstić information content (AvgIpc) is 3.04. The van der Waals surface area contributed by atoms with Crippen molar-refractivity contribution in [1.82, 2.24) is 14.5 Å². The van der Waals surface area contributed by atoms with Gasteiger partial charge in [-0.1, -0.05) is 30.7 Å². The van der Waals surface area contributed by atoms with Gasteiger partial charge in [0.15, 0.2) is 0 Å². The van der Waals surface area contributed by atoms with Gasteiger partial charge in [-0.15, -0.1) is 0 Å². The maximum atomic E-state index is 12.5. The molecule has 1 aliphatic heterocycles. The Bertz CT molecular complexity index is 725. The summed E-state index contributed by atoms with van der Waals surface area (Å²) in [5.74, 6) is 0. The molecule has 1 aromatic carbocycles. The van der Waals surface area contributed by atoms with Crippen molar-refractivity contribution in [2.45, 2.75) is 50.6 Å². The van der Waals surface area contributed by atoms with E-state index in [0.717, 1.165) is 32.1 Å². The highest BCUT2D eigenvalue weighted by molar-refractivity contribution is 7.88. The molecule has 0 unspecified atom stereocenters. The van der Waals surface area contributed by atoms with Crippen LogP contribution in [0.4, 0.5) is 4.79 Å². The fourth-order valence-corrected chi connectivity index (χ4v) is 5.36. The largest absolute Gasteiger partial charge is 0.338 e. The van der Waals surface area contributed by atoms with E-state index in [2.05, 4.69) is 17.4 Å². The van der Waals surface area contributed by atoms with Gasteiger partial charge in [0.05, 0.1) is 6.26 Å². The second-order valence-corrected chi connectivity index (χ2v) is 9.42. The minimum atomic E-state index is -3.18. The molecule has 1 N–H and O–H groups in total. The Morgan fingerprint density at radius 3 is 2.50 bits per heavy atom. The predicted octanol–water partition coefficient (Wildman–Crippen LogP) is 2.00. The van der Waals surface area contributed by atoms with Crippen molar-refractivity contribution < 1.29 is 13.2 Å². The second-order valence-electron chi connectivity index (χ2n) is 7.49. The number of nitrogens with zero attached hydrogens (tertiary/aromatic N) is 2. The Morgan fingerprint density at radius 2 is 1.88 bits per heavy atom. The van der Waals surface area contributed by atoms with Gasteiger partial charge in [0, 0.05) is 32.2 Å². The smallest absolute Gasteiger partial charge is 0.317 e. The van der Waals surface area contributed by atoms with Gasteiger partial charge in [0.2, 0.25) is 10.0 Å². The van der Waals surface area contributed by atoms with Crippen LogP contribution in [0, 0.1) is 0 Å². The third kappa shape index (κ3) is 4.38. The number of carbonyl (C=O) groups excluding carboxylic acids is 1. The maximum Gasteiger partial charge on any atom is 0.317 e. The Balaban J connectivity index is 1.48. The molecule has 0 bridgehead atoms. The van der Waals surface area contributed by atoms with Crippen LogP contribution in [0.3, 0.4) is 0 Å². The van der Waals surface area contributed by atoms with E-state index in [1.807, 2.05) is 19.2 Å². The molecule has 0 spiro atoms. The number of amides is 2. The zero-order valence-electron chi connectivity index (χ0n) is 15.6. The van der Waals surface area contributed by atoms with Crippen molar-refractivity contribution in [2.75, 3.05) is 26.4 Å². The van der Waals surface area contributed by atoms with Gasteiger partial charge in [-0.05, 0) is 43.2 Å². The molecule has 1 fully saturated rings. The van der Waals surface area contributed by atoms with E-state index in [1.165, 1.54) is 17.4 Å². The standard InChI is InChI=1S/C19H29N3O3S/c1-21(18-13-15-7-3-4-8-16(15)14-18)19(23)20-11-10-17-9-5-6-12-22(17)26(2,24)25/h3-4,7-8,17-18H,5-6,9-14H2,1-2H3,(H,20,23)/t17-/m0/s1. The van der Waals surface area contributed by atoms with Crippen LogP contribution in [-0.4, -0.2) is 62.1 Å². The molecule has 1 aliphatic carbocycles. The first-order valence-electron chi connectivity index (χ1n) is 9.40. The molecule has 6 nitrogen and oxygen atoms in total. The SMILES string of the molecule is CN(C(=O)NCC[C@@H]1CCCCN1S(C)(=O)=O)C1Cc2ccccc2C1. The summed E-state index contributed by atoms with van der Waals surface area (Å²) < 4.78 is 25.4. The molecule has 1 heterocycles. The molecule has 2 aliphatic rings. The fraction of sp³-hybridized carbons (Fsp3) is 0.632. The molecule has 0 aromatic heterocycles. The summed E-state index contributed by atoms with van der Waals surface area (Å²) in [6.07, 6.45) is 6.56. The lowest BCUT2D eigenvalue weighted by molar-refractivity contribution is 0.189. The lowest BCUT2D eigenvalue weighted by atomic mass is 10.0. The van der Waals surface area contributed by atoms with Crippen molar-refractivity contribution in [3.05, 3.63) is 35.4 Å². The van der Waals surface area contributed by atoms with Crippen molar-refractivity contribution in [3.63, 3.8) is 0 Å². The number of hydrogen-bond donors (Lipinski definition) is 1. The van der Waals surface area contributed by atoms with Gasteiger partial charge < -0.3 is 10.2 Å². The van der Waals surface area contributed by atoms with Crippen molar-refractivity contribution >= 4 is 16.1 Å². The van der Waals surface area contributed by atoms with Gasteiger partial charge in [-0.25, -0.2) is 13.2 Å².